The molecule has 0 fully saturated rings. The first-order chi connectivity index (χ1) is 22.6. The SMILES string of the molecule is CCCCCCC(C/C=C\CCCCCCCC(=O)OC(C)(C)C(C/C=C\CCCCCCCC(=O)O)CCCCCC)OC(C)C. The molecule has 2 unspecified atom stereocenters. The molecule has 0 bridgehead atoms. The second kappa shape index (κ2) is 31.6. The molecule has 0 aromatic carbocycles. The lowest BCUT2D eigenvalue weighted by molar-refractivity contribution is -0.162. The maximum atomic E-state index is 12.8. The summed E-state index contributed by atoms with van der Waals surface area (Å²) < 4.78 is 12.3. The summed E-state index contributed by atoms with van der Waals surface area (Å²) in [5.74, 6) is -0.408. The van der Waals surface area contributed by atoms with E-state index in [4.69, 9.17) is 14.6 Å². The van der Waals surface area contributed by atoms with Crippen LogP contribution in [0.3, 0.4) is 0 Å². The van der Waals surface area contributed by atoms with Crippen LogP contribution in [-0.2, 0) is 19.1 Å². The molecule has 0 amide bonds. The third kappa shape index (κ3) is 30.2. The monoisotopic (exact) mass is 663 g/mol. The van der Waals surface area contributed by atoms with Crippen molar-refractivity contribution in [3.05, 3.63) is 24.3 Å². The molecule has 0 aromatic heterocycles. The van der Waals surface area contributed by atoms with Crippen LogP contribution in [0.2, 0.25) is 0 Å². The predicted octanol–water partition coefficient (Wildman–Crippen LogP) is 13.1. The van der Waals surface area contributed by atoms with E-state index in [2.05, 4.69) is 65.8 Å². The Hall–Kier alpha value is -1.62. The molecule has 0 aliphatic carbocycles. The lowest BCUT2D eigenvalue weighted by Crippen LogP contribution is -2.36. The average molecular weight is 663 g/mol. The molecule has 1 N–H and O–H groups in total. The summed E-state index contributed by atoms with van der Waals surface area (Å²) in [5.41, 5.74) is -0.459. The fourth-order valence-electron chi connectivity index (χ4n) is 6.29. The van der Waals surface area contributed by atoms with Gasteiger partial charge in [-0.2, -0.15) is 0 Å². The van der Waals surface area contributed by atoms with Crippen LogP contribution >= 0.6 is 0 Å². The van der Waals surface area contributed by atoms with Gasteiger partial charge in [-0.3, -0.25) is 9.59 Å². The van der Waals surface area contributed by atoms with Gasteiger partial charge in [-0.1, -0.05) is 128 Å². The zero-order chi connectivity index (χ0) is 35.0. The van der Waals surface area contributed by atoms with Crippen molar-refractivity contribution in [1.82, 2.24) is 0 Å². The summed E-state index contributed by atoms with van der Waals surface area (Å²) in [5, 5.41) is 8.75. The van der Waals surface area contributed by atoms with E-state index < -0.39 is 11.6 Å². The first-order valence-corrected chi connectivity index (χ1v) is 20.0. The highest BCUT2D eigenvalue weighted by atomic mass is 16.6. The number of carbonyl (C=O) groups is 2. The number of hydrogen-bond donors (Lipinski definition) is 1. The number of carboxylic acids is 1. The van der Waals surface area contributed by atoms with Crippen LogP contribution in [0, 0.1) is 5.92 Å². The molecule has 0 rings (SSSR count). The van der Waals surface area contributed by atoms with Gasteiger partial charge in [0.15, 0.2) is 0 Å². The number of carboxylic acid groups (broad SMARTS) is 1. The lowest BCUT2D eigenvalue weighted by atomic mass is 9.83. The Balaban J connectivity index is 4.34. The van der Waals surface area contributed by atoms with Gasteiger partial charge in [0.05, 0.1) is 12.2 Å². The minimum absolute atomic E-state index is 0.0452. The Bertz CT molecular complexity index is 784. The van der Waals surface area contributed by atoms with Crippen LogP contribution in [0.1, 0.15) is 208 Å². The second-order valence-electron chi connectivity index (χ2n) is 14.7. The van der Waals surface area contributed by atoms with Crippen molar-refractivity contribution in [3.8, 4) is 0 Å². The molecule has 5 heteroatoms. The molecule has 5 nitrogen and oxygen atoms in total. The van der Waals surface area contributed by atoms with E-state index in [0.29, 0.717) is 24.5 Å². The van der Waals surface area contributed by atoms with Crippen LogP contribution in [0.25, 0.3) is 0 Å². The first kappa shape index (κ1) is 45.4. The minimum atomic E-state index is -0.694. The topological polar surface area (TPSA) is 72.8 Å². The van der Waals surface area contributed by atoms with Crippen molar-refractivity contribution in [3.63, 3.8) is 0 Å². The van der Waals surface area contributed by atoms with Crippen LogP contribution in [0.4, 0.5) is 0 Å². The van der Waals surface area contributed by atoms with Gasteiger partial charge in [-0.05, 0) is 91.9 Å². The molecule has 276 valence electrons. The number of ether oxygens (including phenoxy) is 2. The third-order valence-corrected chi connectivity index (χ3v) is 9.28. The Morgan fingerprint density at radius 2 is 1.11 bits per heavy atom. The number of esters is 1. The average Bonchev–Trinajstić information content (AvgIpc) is 3.01. The van der Waals surface area contributed by atoms with Gasteiger partial charge in [0.1, 0.15) is 5.60 Å². The van der Waals surface area contributed by atoms with Gasteiger partial charge in [0.2, 0.25) is 0 Å². The predicted molar refractivity (Wildman–Crippen MR) is 201 cm³/mol. The van der Waals surface area contributed by atoms with Crippen molar-refractivity contribution in [2.45, 2.75) is 226 Å². The third-order valence-electron chi connectivity index (χ3n) is 9.28. The molecule has 0 aliphatic heterocycles. The second-order valence-corrected chi connectivity index (χ2v) is 14.7. The van der Waals surface area contributed by atoms with E-state index in [1.165, 1.54) is 77.0 Å². The van der Waals surface area contributed by atoms with Crippen molar-refractivity contribution in [2.75, 3.05) is 0 Å². The molecule has 0 aromatic rings. The highest BCUT2D eigenvalue weighted by molar-refractivity contribution is 5.69. The van der Waals surface area contributed by atoms with Gasteiger partial charge in [-0.15, -0.1) is 0 Å². The number of aliphatic carboxylic acids is 1. The van der Waals surface area contributed by atoms with Crippen LogP contribution in [-0.4, -0.2) is 34.9 Å². The van der Waals surface area contributed by atoms with Gasteiger partial charge < -0.3 is 14.6 Å². The largest absolute Gasteiger partial charge is 0.481 e. The molecule has 0 saturated carbocycles. The Morgan fingerprint density at radius 3 is 1.66 bits per heavy atom. The van der Waals surface area contributed by atoms with Crippen LogP contribution in [0.15, 0.2) is 24.3 Å². The summed E-state index contributed by atoms with van der Waals surface area (Å²) in [7, 11) is 0. The van der Waals surface area contributed by atoms with Crippen LogP contribution in [0.5, 0.6) is 0 Å². The fraction of sp³-hybridized carbons (Fsp3) is 0.857. The van der Waals surface area contributed by atoms with Gasteiger partial charge >= 0.3 is 11.9 Å². The molecule has 2 atom stereocenters. The molecule has 47 heavy (non-hydrogen) atoms. The van der Waals surface area contributed by atoms with Gasteiger partial charge in [0, 0.05) is 18.8 Å². The molecular weight excluding hydrogens is 584 g/mol. The normalized spacial score (nSPS) is 13.6. The molecular formula is C42H78O5. The summed E-state index contributed by atoms with van der Waals surface area (Å²) >= 11 is 0. The number of carbonyl (C=O) groups excluding carboxylic acids is 1. The summed E-state index contributed by atoms with van der Waals surface area (Å²) in [6.07, 6.45) is 38.0. The van der Waals surface area contributed by atoms with Crippen molar-refractivity contribution in [1.29, 1.82) is 0 Å². The number of hydrogen-bond acceptors (Lipinski definition) is 4. The van der Waals surface area contributed by atoms with E-state index in [0.717, 1.165) is 77.0 Å². The first-order valence-electron chi connectivity index (χ1n) is 20.0. The highest BCUT2D eigenvalue weighted by Crippen LogP contribution is 2.31. The number of allylic oxidation sites excluding steroid dienone is 3. The van der Waals surface area contributed by atoms with Gasteiger partial charge in [-0.25, -0.2) is 0 Å². The lowest BCUT2D eigenvalue weighted by Gasteiger charge is -2.34. The maximum Gasteiger partial charge on any atom is 0.306 e. The molecule has 0 aliphatic rings. The summed E-state index contributed by atoms with van der Waals surface area (Å²) in [4.78, 5) is 23.5. The van der Waals surface area contributed by atoms with E-state index in [-0.39, 0.29) is 12.4 Å². The minimum Gasteiger partial charge on any atom is -0.481 e. The van der Waals surface area contributed by atoms with Crippen molar-refractivity contribution >= 4 is 11.9 Å². The molecule has 0 heterocycles. The van der Waals surface area contributed by atoms with E-state index in [1.54, 1.807) is 0 Å². The Kier molecular flexibility index (Phi) is 30.5. The van der Waals surface area contributed by atoms with Crippen molar-refractivity contribution < 1.29 is 24.2 Å². The van der Waals surface area contributed by atoms with E-state index >= 15 is 0 Å². The number of unbranched alkanes of at least 4 members (excludes halogenated alkanes) is 16. The summed E-state index contributed by atoms with van der Waals surface area (Å²) in [6.45, 7) is 13.0. The molecule has 0 radical (unpaired) electrons. The maximum absolute atomic E-state index is 12.8. The molecule has 0 saturated heterocycles. The standard InChI is InChI=1S/C42H78O5/c1-7-9-11-25-31-38(32-26-21-17-13-15-19-23-29-35-40(43)44)42(5,6)47-41(45)36-30-24-20-16-14-18-22-28-34-39(46-37(3)4)33-27-12-10-8-2/h21-22,26,28,37-39H,7-20,23-25,27,29-36H2,1-6H3,(H,43,44)/b26-21-,28-22-. The quantitative estimate of drug-likeness (QED) is 0.0422. The Labute approximate surface area is 292 Å². The smallest absolute Gasteiger partial charge is 0.306 e. The Morgan fingerprint density at radius 1 is 0.617 bits per heavy atom. The summed E-state index contributed by atoms with van der Waals surface area (Å²) in [6, 6.07) is 0. The molecule has 0 spiro atoms. The zero-order valence-corrected chi connectivity index (χ0v) is 32.0. The number of rotatable bonds is 34. The zero-order valence-electron chi connectivity index (χ0n) is 32.0. The van der Waals surface area contributed by atoms with E-state index in [1.807, 2.05) is 0 Å². The highest BCUT2D eigenvalue weighted by Gasteiger charge is 2.32. The van der Waals surface area contributed by atoms with E-state index in [9.17, 15) is 9.59 Å². The fourth-order valence-corrected chi connectivity index (χ4v) is 6.29. The van der Waals surface area contributed by atoms with Crippen LogP contribution < -0.4 is 0 Å². The van der Waals surface area contributed by atoms with Crippen molar-refractivity contribution in [2.24, 2.45) is 5.92 Å². The van der Waals surface area contributed by atoms with Gasteiger partial charge in [0.25, 0.3) is 0 Å².